The summed E-state index contributed by atoms with van der Waals surface area (Å²) in [6, 6.07) is 0. The third kappa shape index (κ3) is 17.7. The van der Waals surface area contributed by atoms with Gasteiger partial charge in [-0.2, -0.15) is 0 Å². The molecule has 5 heavy (non-hydrogen) atoms. The molecule has 0 N–H and O–H groups in total. The maximum atomic E-state index is 0. The second-order valence-electron chi connectivity index (χ2n) is 0. The number of hydrogen-bond donors (Lipinski definition) is 0. The van der Waals surface area contributed by atoms with E-state index in [1.807, 2.05) is 0 Å². The van der Waals surface area contributed by atoms with Gasteiger partial charge in [0, 0.05) is 0 Å². The first-order valence-electron chi connectivity index (χ1n) is 0. The van der Waals surface area contributed by atoms with Crippen LogP contribution in [-0.2, 0) is 16.8 Å². The van der Waals surface area contributed by atoms with Crippen LogP contribution >= 0.6 is 0 Å². The van der Waals surface area contributed by atoms with Crippen LogP contribution in [0.2, 0.25) is 0 Å². The molecule has 0 amide bonds. The summed E-state index contributed by atoms with van der Waals surface area (Å²) in [6.45, 7) is 0. The predicted molar refractivity (Wildman–Crippen MR) is 0 cm³/mol. The molecule has 0 nitrogen and oxygen atoms in total. The van der Waals surface area contributed by atoms with E-state index in [-0.39, 0.29) is 135 Å². The van der Waals surface area contributed by atoms with E-state index in [2.05, 4.69) is 0 Å². The molecule has 0 rings (SSSR count). The standard InChI is InChI=1S/Co.4Na/q+2;4*+1. The van der Waals surface area contributed by atoms with Gasteiger partial charge in [-0.3, -0.25) is 0 Å². The molecule has 0 aromatic carbocycles. The third-order valence-corrected chi connectivity index (χ3v) is 0. The van der Waals surface area contributed by atoms with Crippen molar-refractivity contribution in [3.05, 3.63) is 0 Å². The van der Waals surface area contributed by atoms with Crippen LogP contribution in [0.4, 0.5) is 0 Å². The summed E-state index contributed by atoms with van der Waals surface area (Å²) >= 11 is 0. The molecule has 0 saturated carbocycles. The van der Waals surface area contributed by atoms with Gasteiger partial charge in [-0.05, 0) is 0 Å². The van der Waals surface area contributed by atoms with E-state index in [1.54, 1.807) is 0 Å². The molecule has 7 valence electrons. The first kappa shape index (κ1) is 33.9. The second kappa shape index (κ2) is 23.6. The minimum absolute atomic E-state index is 0. The van der Waals surface area contributed by atoms with Gasteiger partial charge in [0.05, 0.1) is 0 Å². The molecule has 5 heteroatoms. The van der Waals surface area contributed by atoms with Gasteiger partial charge >= 0.3 is 135 Å². The van der Waals surface area contributed by atoms with Gasteiger partial charge < -0.3 is 0 Å². The number of hydrogen-bond acceptors (Lipinski definition) is 0. The van der Waals surface area contributed by atoms with Crippen LogP contribution in [0.1, 0.15) is 0 Å². The Kier molecular flexibility index (Phi) is 160. The first-order chi connectivity index (χ1) is 0. The second-order valence-corrected chi connectivity index (χ2v) is 0. The van der Waals surface area contributed by atoms with Crippen LogP contribution in [0.15, 0.2) is 0 Å². The Morgan fingerprint density at radius 1 is 0.400 bits per heavy atom. The molecule has 1 radical (unpaired) electrons. The zero-order valence-corrected chi connectivity index (χ0v) is 13.4. The van der Waals surface area contributed by atoms with Crippen molar-refractivity contribution in [2.75, 3.05) is 0 Å². The molecule has 0 spiro atoms. The van der Waals surface area contributed by atoms with Crippen molar-refractivity contribution in [2.24, 2.45) is 0 Å². The van der Waals surface area contributed by atoms with Gasteiger partial charge in [0.15, 0.2) is 0 Å². The molecule has 0 aliphatic rings. The monoisotopic (exact) mass is 151 g/mol. The summed E-state index contributed by atoms with van der Waals surface area (Å²) in [5.41, 5.74) is 0. The van der Waals surface area contributed by atoms with Gasteiger partial charge in [-0.15, -0.1) is 0 Å². The van der Waals surface area contributed by atoms with E-state index in [4.69, 9.17) is 0 Å². The van der Waals surface area contributed by atoms with Crippen LogP contribution in [-0.4, -0.2) is 0 Å². The van der Waals surface area contributed by atoms with Crippen molar-refractivity contribution < 1.29 is 135 Å². The fourth-order valence-electron chi connectivity index (χ4n) is 0. The topological polar surface area (TPSA) is 0 Å². The third-order valence-electron chi connectivity index (χ3n) is 0. The summed E-state index contributed by atoms with van der Waals surface area (Å²) in [4.78, 5) is 0. The van der Waals surface area contributed by atoms with E-state index >= 15 is 0 Å². The summed E-state index contributed by atoms with van der Waals surface area (Å²) in [6.07, 6.45) is 0. The Labute approximate surface area is 131 Å². The Morgan fingerprint density at radius 2 is 0.400 bits per heavy atom. The summed E-state index contributed by atoms with van der Waals surface area (Å²) in [5.74, 6) is 0. The first-order valence-corrected chi connectivity index (χ1v) is 0. The van der Waals surface area contributed by atoms with Crippen LogP contribution < -0.4 is 118 Å². The molecule has 0 aliphatic carbocycles. The Bertz CT molecular complexity index is 3.61. The Morgan fingerprint density at radius 3 is 0.400 bits per heavy atom. The Balaban J connectivity index is 0. The van der Waals surface area contributed by atoms with E-state index in [0.717, 1.165) is 0 Å². The molecule has 0 heterocycles. The summed E-state index contributed by atoms with van der Waals surface area (Å²) in [7, 11) is 0. The van der Waals surface area contributed by atoms with Crippen molar-refractivity contribution in [3.8, 4) is 0 Å². The molecule has 0 aromatic heterocycles. The average Bonchev–Trinajstić information content (AvgIpc) is 0. The van der Waals surface area contributed by atoms with E-state index in [9.17, 15) is 0 Å². The van der Waals surface area contributed by atoms with Crippen LogP contribution in [0.25, 0.3) is 0 Å². The van der Waals surface area contributed by atoms with Gasteiger partial charge in [0.2, 0.25) is 0 Å². The molecule has 0 saturated heterocycles. The predicted octanol–water partition coefficient (Wildman–Crippen LogP) is -12.0. The minimum Gasteiger partial charge on any atom is 1.00 e. The fraction of sp³-hybridized carbons (Fsp3) is 0. The van der Waals surface area contributed by atoms with Crippen LogP contribution in [0.3, 0.4) is 0 Å². The molecule has 0 aromatic rings. The average molecular weight is 151 g/mol. The summed E-state index contributed by atoms with van der Waals surface area (Å²) < 4.78 is 0. The maximum absolute atomic E-state index is 0. The number of rotatable bonds is 0. The maximum Gasteiger partial charge on any atom is 2.00 e. The smallest absolute Gasteiger partial charge is 1.00 e. The van der Waals surface area contributed by atoms with Gasteiger partial charge in [-0.1, -0.05) is 0 Å². The van der Waals surface area contributed by atoms with Crippen molar-refractivity contribution in [2.45, 2.75) is 0 Å². The quantitative estimate of drug-likeness (QED) is 0.301. The fourth-order valence-corrected chi connectivity index (χ4v) is 0. The van der Waals surface area contributed by atoms with Crippen molar-refractivity contribution in [1.82, 2.24) is 0 Å². The van der Waals surface area contributed by atoms with Crippen molar-refractivity contribution in [1.29, 1.82) is 0 Å². The molecular weight excluding hydrogens is 151 g/mol. The molecule has 0 unspecified atom stereocenters. The van der Waals surface area contributed by atoms with Crippen molar-refractivity contribution >= 4 is 0 Å². The van der Waals surface area contributed by atoms with Crippen LogP contribution in [0, 0.1) is 0 Å². The van der Waals surface area contributed by atoms with E-state index < -0.39 is 0 Å². The molecular formula is CoNa4+6. The van der Waals surface area contributed by atoms with Gasteiger partial charge in [0.25, 0.3) is 0 Å². The minimum atomic E-state index is 0. The van der Waals surface area contributed by atoms with E-state index in [0.29, 0.717) is 0 Å². The largest absolute Gasteiger partial charge is 2.00 e. The zero-order valence-electron chi connectivity index (χ0n) is 4.33. The molecule has 0 bridgehead atoms. The van der Waals surface area contributed by atoms with Gasteiger partial charge in [-0.25, -0.2) is 0 Å². The molecule has 0 aliphatic heterocycles. The molecule has 0 fully saturated rings. The normalized spacial score (nSPS) is 0. The SMILES string of the molecule is [Co+2].[Na+].[Na+].[Na+].[Na+]. The van der Waals surface area contributed by atoms with E-state index in [1.165, 1.54) is 0 Å². The zero-order chi connectivity index (χ0) is 0. The van der Waals surface area contributed by atoms with Gasteiger partial charge in [0.1, 0.15) is 0 Å². The summed E-state index contributed by atoms with van der Waals surface area (Å²) in [5, 5.41) is 0. The van der Waals surface area contributed by atoms with Crippen molar-refractivity contribution in [3.63, 3.8) is 0 Å². The Hall–Kier alpha value is 4.51. The van der Waals surface area contributed by atoms with Crippen LogP contribution in [0.5, 0.6) is 0 Å². The molecule has 0 atom stereocenters.